The van der Waals surface area contributed by atoms with Gasteiger partial charge in [-0.15, -0.1) is 11.3 Å². The molecule has 134 valence electrons. The average molecular weight is 407 g/mol. The number of carbonyl (C=O) groups excluding carboxylic acids is 1. The van der Waals surface area contributed by atoms with E-state index in [1.165, 1.54) is 11.3 Å². The van der Waals surface area contributed by atoms with Gasteiger partial charge in [0.15, 0.2) is 0 Å². The Morgan fingerprint density at radius 3 is 2.31 bits per heavy atom. The van der Waals surface area contributed by atoms with Gasteiger partial charge in [0.1, 0.15) is 9.88 Å². The lowest BCUT2D eigenvalue weighted by Crippen LogP contribution is -2.08. The van der Waals surface area contributed by atoms with Crippen LogP contribution in [0.2, 0.25) is 10.0 Å². The second-order valence-electron chi connectivity index (χ2n) is 5.38. The Kier molecular flexibility index (Phi) is 6.14. The van der Waals surface area contributed by atoms with Crippen LogP contribution in [0.5, 0.6) is 0 Å². The van der Waals surface area contributed by atoms with Gasteiger partial charge in [-0.05, 0) is 43.3 Å². The first-order valence-electron chi connectivity index (χ1n) is 7.99. The number of hydrogen-bond acceptors (Lipinski definition) is 5. The number of nitrogens with one attached hydrogen (secondary N) is 1. The van der Waals surface area contributed by atoms with Crippen LogP contribution in [-0.4, -0.2) is 17.6 Å². The number of nitrogens with zero attached hydrogens (tertiary/aromatic N) is 1. The summed E-state index contributed by atoms with van der Waals surface area (Å²) in [6, 6.07) is 14.7. The predicted molar refractivity (Wildman–Crippen MR) is 107 cm³/mol. The lowest BCUT2D eigenvalue weighted by molar-refractivity contribution is 0.0530. The first-order chi connectivity index (χ1) is 12.6. The van der Waals surface area contributed by atoms with Crippen molar-refractivity contribution in [3.63, 3.8) is 0 Å². The average Bonchev–Trinajstić information content (AvgIpc) is 3.06. The van der Waals surface area contributed by atoms with Crippen LogP contribution >= 0.6 is 34.5 Å². The van der Waals surface area contributed by atoms with Crippen LogP contribution < -0.4 is 5.32 Å². The van der Waals surface area contributed by atoms with Gasteiger partial charge in [0.2, 0.25) is 0 Å². The van der Waals surface area contributed by atoms with E-state index in [0.29, 0.717) is 33.8 Å². The normalized spacial score (nSPS) is 10.6. The summed E-state index contributed by atoms with van der Waals surface area (Å²) in [7, 11) is 0. The second-order valence-corrected chi connectivity index (χ2v) is 7.25. The molecule has 3 rings (SSSR count). The quantitative estimate of drug-likeness (QED) is 0.517. The zero-order valence-corrected chi connectivity index (χ0v) is 16.3. The summed E-state index contributed by atoms with van der Waals surface area (Å²) in [4.78, 5) is 17.4. The molecular formula is C19H16Cl2N2O2S. The van der Waals surface area contributed by atoms with Crippen molar-refractivity contribution in [2.45, 2.75) is 13.5 Å². The minimum Gasteiger partial charge on any atom is -0.462 e. The minimum absolute atomic E-state index is 0.317. The fraction of sp³-hybridized carbons (Fsp3) is 0.158. The van der Waals surface area contributed by atoms with E-state index in [2.05, 4.69) is 10.3 Å². The van der Waals surface area contributed by atoms with E-state index in [1.807, 2.05) is 24.3 Å². The monoisotopic (exact) mass is 406 g/mol. The molecule has 1 heterocycles. The van der Waals surface area contributed by atoms with Crippen molar-refractivity contribution in [1.82, 2.24) is 4.98 Å². The van der Waals surface area contributed by atoms with E-state index in [9.17, 15) is 4.79 Å². The third-order valence-corrected chi connectivity index (χ3v) is 5.18. The molecule has 1 N–H and O–H groups in total. The number of aromatic nitrogens is 1. The van der Waals surface area contributed by atoms with E-state index >= 15 is 0 Å². The highest BCUT2D eigenvalue weighted by Crippen LogP contribution is 2.30. The maximum Gasteiger partial charge on any atom is 0.350 e. The largest absolute Gasteiger partial charge is 0.462 e. The smallest absolute Gasteiger partial charge is 0.350 e. The van der Waals surface area contributed by atoms with Crippen LogP contribution in [0.4, 0.5) is 5.69 Å². The predicted octanol–water partition coefficient (Wildman–Crippen LogP) is 5.91. The van der Waals surface area contributed by atoms with Gasteiger partial charge >= 0.3 is 5.97 Å². The van der Waals surface area contributed by atoms with Crippen LogP contribution in [0.15, 0.2) is 48.5 Å². The van der Waals surface area contributed by atoms with Gasteiger partial charge < -0.3 is 10.1 Å². The lowest BCUT2D eigenvalue weighted by Gasteiger charge is -2.06. The Hall–Kier alpha value is -2.08. The summed E-state index contributed by atoms with van der Waals surface area (Å²) in [5.41, 5.74) is 2.45. The molecule has 4 nitrogen and oxygen atoms in total. The van der Waals surface area contributed by atoms with Crippen LogP contribution in [-0.2, 0) is 11.3 Å². The molecule has 0 spiro atoms. The van der Waals surface area contributed by atoms with Gasteiger partial charge in [0.05, 0.1) is 18.8 Å². The summed E-state index contributed by atoms with van der Waals surface area (Å²) in [6.45, 7) is 2.50. The molecule has 0 aliphatic carbocycles. The van der Waals surface area contributed by atoms with E-state index in [4.69, 9.17) is 27.9 Å². The Morgan fingerprint density at radius 2 is 1.69 bits per heavy atom. The van der Waals surface area contributed by atoms with E-state index < -0.39 is 0 Å². The summed E-state index contributed by atoms with van der Waals surface area (Å²) in [5.74, 6) is -0.363. The lowest BCUT2D eigenvalue weighted by atomic mass is 10.2. The third-order valence-electron chi connectivity index (χ3n) is 3.55. The highest BCUT2D eigenvalue weighted by atomic mass is 35.5. The number of benzene rings is 2. The zero-order valence-electron chi connectivity index (χ0n) is 14.0. The molecule has 0 amide bonds. The van der Waals surface area contributed by atoms with Gasteiger partial charge in [-0.1, -0.05) is 35.3 Å². The maximum absolute atomic E-state index is 12.3. The van der Waals surface area contributed by atoms with Gasteiger partial charge in [-0.2, -0.15) is 0 Å². The number of rotatable bonds is 6. The van der Waals surface area contributed by atoms with E-state index in [-0.39, 0.29) is 5.97 Å². The van der Waals surface area contributed by atoms with Gasteiger partial charge in [-0.25, -0.2) is 9.78 Å². The number of carbonyl (C=O) groups is 1. The Balaban J connectivity index is 1.87. The van der Waals surface area contributed by atoms with Gasteiger partial charge in [-0.3, -0.25) is 0 Å². The fourth-order valence-corrected chi connectivity index (χ4v) is 3.53. The highest BCUT2D eigenvalue weighted by molar-refractivity contribution is 7.17. The molecule has 0 saturated carbocycles. The van der Waals surface area contributed by atoms with Crippen molar-refractivity contribution in [1.29, 1.82) is 0 Å². The van der Waals surface area contributed by atoms with E-state index in [0.717, 1.165) is 16.3 Å². The van der Waals surface area contributed by atoms with Crippen LogP contribution in [0.3, 0.4) is 0 Å². The molecule has 0 unspecified atom stereocenters. The maximum atomic E-state index is 12.3. The Bertz CT molecular complexity index is 893. The molecule has 0 aliphatic rings. The molecule has 2 aromatic carbocycles. The number of esters is 1. The first kappa shape index (κ1) is 18.7. The summed E-state index contributed by atoms with van der Waals surface area (Å²) >= 11 is 13.2. The van der Waals surface area contributed by atoms with Crippen LogP contribution in [0, 0.1) is 0 Å². The number of halogens is 2. The highest BCUT2D eigenvalue weighted by Gasteiger charge is 2.20. The molecule has 3 aromatic rings. The van der Waals surface area contributed by atoms with Crippen molar-refractivity contribution >= 4 is 46.2 Å². The number of anilines is 1. The van der Waals surface area contributed by atoms with Crippen LogP contribution in [0.25, 0.3) is 10.6 Å². The number of thiazole rings is 1. The Morgan fingerprint density at radius 1 is 1.08 bits per heavy atom. The molecule has 0 atom stereocenters. The standard InChI is InChI=1S/C19H16Cl2N2O2S/c1-2-25-19(24)17-16(11-22-15-9-7-14(21)8-10-15)23-18(26-17)12-3-5-13(20)6-4-12/h3-10,22H,2,11H2,1H3. The molecule has 0 aliphatic heterocycles. The molecule has 1 aromatic heterocycles. The van der Waals surface area contributed by atoms with Crippen molar-refractivity contribution in [2.75, 3.05) is 11.9 Å². The second kappa shape index (κ2) is 8.54. The van der Waals surface area contributed by atoms with Crippen molar-refractivity contribution < 1.29 is 9.53 Å². The van der Waals surface area contributed by atoms with Crippen molar-refractivity contribution in [3.05, 3.63) is 69.1 Å². The van der Waals surface area contributed by atoms with Gasteiger partial charge in [0.25, 0.3) is 0 Å². The molecule has 7 heteroatoms. The third kappa shape index (κ3) is 4.55. The number of hydrogen-bond donors (Lipinski definition) is 1. The van der Waals surface area contributed by atoms with E-state index in [1.54, 1.807) is 31.2 Å². The van der Waals surface area contributed by atoms with Crippen molar-refractivity contribution in [2.24, 2.45) is 0 Å². The molecule has 0 bridgehead atoms. The van der Waals surface area contributed by atoms with Crippen LogP contribution in [0.1, 0.15) is 22.3 Å². The SMILES string of the molecule is CCOC(=O)c1sc(-c2ccc(Cl)cc2)nc1CNc1ccc(Cl)cc1. The Labute approximate surface area is 165 Å². The topological polar surface area (TPSA) is 51.2 Å². The zero-order chi connectivity index (χ0) is 18.5. The minimum atomic E-state index is -0.363. The van der Waals surface area contributed by atoms with Gasteiger partial charge in [0, 0.05) is 21.3 Å². The molecular weight excluding hydrogens is 391 g/mol. The summed E-state index contributed by atoms with van der Waals surface area (Å²) in [5, 5.41) is 5.33. The molecule has 26 heavy (non-hydrogen) atoms. The summed E-state index contributed by atoms with van der Waals surface area (Å²) in [6.07, 6.45) is 0. The molecule has 0 saturated heterocycles. The molecule has 0 fully saturated rings. The van der Waals surface area contributed by atoms with Crippen molar-refractivity contribution in [3.8, 4) is 10.6 Å². The molecule has 0 radical (unpaired) electrons. The first-order valence-corrected chi connectivity index (χ1v) is 9.56. The summed E-state index contributed by atoms with van der Waals surface area (Å²) < 4.78 is 5.17. The fourth-order valence-electron chi connectivity index (χ4n) is 2.30. The number of ether oxygens (including phenoxy) is 1.